The van der Waals surface area contributed by atoms with Gasteiger partial charge in [-0.05, 0) is 49.4 Å². The van der Waals surface area contributed by atoms with Gasteiger partial charge in [0, 0.05) is 43.1 Å². The van der Waals surface area contributed by atoms with E-state index in [9.17, 15) is 9.59 Å². The molecule has 0 saturated carbocycles. The summed E-state index contributed by atoms with van der Waals surface area (Å²) in [6, 6.07) is 14.5. The number of benzene rings is 2. The maximum absolute atomic E-state index is 12.7. The minimum Gasteiger partial charge on any atom is -0.336 e. The van der Waals surface area contributed by atoms with Gasteiger partial charge in [-0.3, -0.25) is 4.79 Å². The van der Waals surface area contributed by atoms with Gasteiger partial charge >= 0.3 is 6.03 Å². The van der Waals surface area contributed by atoms with Gasteiger partial charge in [0.15, 0.2) is 0 Å². The van der Waals surface area contributed by atoms with Crippen molar-refractivity contribution in [3.05, 3.63) is 59.7 Å². The number of piperazine rings is 1. The molecule has 3 amide bonds. The quantitative estimate of drug-likeness (QED) is 0.873. The monoisotopic (exact) mass is 366 g/mol. The Bertz CT molecular complexity index is 796. The van der Waals surface area contributed by atoms with Gasteiger partial charge in [-0.1, -0.05) is 25.1 Å². The summed E-state index contributed by atoms with van der Waals surface area (Å²) in [5, 5.41) is 5.60. The number of hydrogen-bond donors (Lipinski definition) is 2. The summed E-state index contributed by atoms with van der Waals surface area (Å²) in [5.41, 5.74) is 3.13. The lowest BCUT2D eigenvalue weighted by molar-refractivity contribution is 0.0664. The van der Waals surface area contributed by atoms with Crippen molar-refractivity contribution >= 4 is 23.3 Å². The van der Waals surface area contributed by atoms with Crippen LogP contribution in [0.3, 0.4) is 0 Å². The molecule has 1 fully saturated rings. The van der Waals surface area contributed by atoms with Crippen molar-refractivity contribution < 1.29 is 9.59 Å². The van der Waals surface area contributed by atoms with Gasteiger partial charge in [-0.2, -0.15) is 0 Å². The molecule has 1 aliphatic rings. The van der Waals surface area contributed by atoms with E-state index in [4.69, 9.17) is 0 Å². The van der Waals surface area contributed by atoms with Crippen molar-refractivity contribution in [2.75, 3.05) is 43.9 Å². The second kappa shape index (κ2) is 8.68. The number of anilines is 2. The fourth-order valence-electron chi connectivity index (χ4n) is 3.04. The van der Waals surface area contributed by atoms with E-state index < -0.39 is 0 Å². The van der Waals surface area contributed by atoms with E-state index in [0.717, 1.165) is 38.3 Å². The molecule has 2 aromatic rings. The number of hydrogen-bond acceptors (Lipinski definition) is 3. The van der Waals surface area contributed by atoms with Crippen LogP contribution < -0.4 is 10.6 Å². The van der Waals surface area contributed by atoms with Gasteiger partial charge in [-0.25, -0.2) is 4.79 Å². The third-order valence-corrected chi connectivity index (χ3v) is 4.78. The zero-order chi connectivity index (χ0) is 19.2. The van der Waals surface area contributed by atoms with Gasteiger partial charge in [0.25, 0.3) is 5.91 Å². The Kier molecular flexibility index (Phi) is 6.08. The molecule has 6 heteroatoms. The highest BCUT2D eigenvalue weighted by atomic mass is 16.2. The molecule has 2 aromatic carbocycles. The smallest absolute Gasteiger partial charge is 0.323 e. The average Bonchev–Trinajstić information content (AvgIpc) is 2.69. The molecule has 1 aliphatic heterocycles. The highest BCUT2D eigenvalue weighted by Crippen LogP contribution is 2.15. The van der Waals surface area contributed by atoms with Gasteiger partial charge in [0.05, 0.1) is 0 Å². The lowest BCUT2D eigenvalue weighted by Gasteiger charge is -2.32. The molecule has 0 atom stereocenters. The fourth-order valence-corrected chi connectivity index (χ4v) is 3.04. The maximum Gasteiger partial charge on any atom is 0.323 e. The lowest BCUT2D eigenvalue weighted by Crippen LogP contribution is -2.47. The Labute approximate surface area is 160 Å². The normalized spacial score (nSPS) is 14.7. The van der Waals surface area contributed by atoms with Gasteiger partial charge in [-0.15, -0.1) is 0 Å². The highest BCUT2D eigenvalue weighted by Gasteiger charge is 2.20. The summed E-state index contributed by atoms with van der Waals surface area (Å²) in [5.74, 6) is 0.00214. The molecule has 0 bridgehead atoms. The summed E-state index contributed by atoms with van der Waals surface area (Å²) in [6.45, 7) is 5.29. The molecule has 6 nitrogen and oxygen atoms in total. The summed E-state index contributed by atoms with van der Waals surface area (Å²) in [4.78, 5) is 29.0. The number of rotatable bonds is 4. The van der Waals surface area contributed by atoms with Crippen molar-refractivity contribution in [3.63, 3.8) is 0 Å². The van der Waals surface area contributed by atoms with E-state index in [1.54, 1.807) is 24.3 Å². The number of carbonyl (C=O) groups excluding carboxylic acids is 2. The van der Waals surface area contributed by atoms with Gasteiger partial charge in [0.2, 0.25) is 0 Å². The van der Waals surface area contributed by atoms with Crippen molar-refractivity contribution in [1.29, 1.82) is 0 Å². The van der Waals surface area contributed by atoms with Crippen LogP contribution in [0, 0.1) is 0 Å². The molecule has 0 spiro atoms. The molecule has 3 rings (SSSR count). The number of aryl methyl sites for hydroxylation is 1. The van der Waals surface area contributed by atoms with E-state index in [2.05, 4.69) is 29.5 Å². The number of amides is 3. The molecular formula is C21H26N4O2. The van der Waals surface area contributed by atoms with Crippen molar-refractivity contribution in [3.8, 4) is 0 Å². The molecule has 0 aromatic heterocycles. The SMILES string of the molecule is CCc1ccc(NC(=O)Nc2cccc(C(=O)N3CCN(C)CC3)c2)cc1. The van der Waals surface area contributed by atoms with Gasteiger partial charge in [0.1, 0.15) is 0 Å². The van der Waals surface area contributed by atoms with Crippen molar-refractivity contribution in [1.82, 2.24) is 9.80 Å². The van der Waals surface area contributed by atoms with E-state index in [1.165, 1.54) is 5.56 Å². The molecule has 0 unspecified atom stereocenters. The first-order chi connectivity index (χ1) is 13.0. The van der Waals surface area contributed by atoms with E-state index >= 15 is 0 Å². The van der Waals surface area contributed by atoms with Crippen LogP contribution in [-0.4, -0.2) is 55.0 Å². The van der Waals surface area contributed by atoms with E-state index in [0.29, 0.717) is 11.3 Å². The number of urea groups is 1. The zero-order valence-corrected chi connectivity index (χ0v) is 15.9. The number of likely N-dealkylation sites (N-methyl/N-ethyl adjacent to an activating group) is 1. The maximum atomic E-state index is 12.7. The standard InChI is InChI=1S/C21H26N4O2/c1-3-16-7-9-18(10-8-16)22-21(27)23-19-6-4-5-17(15-19)20(26)25-13-11-24(2)12-14-25/h4-10,15H,3,11-14H2,1-2H3,(H2,22,23,27). The third kappa shape index (κ3) is 5.08. The molecule has 1 saturated heterocycles. The molecule has 27 heavy (non-hydrogen) atoms. The van der Waals surface area contributed by atoms with Crippen LogP contribution in [0.15, 0.2) is 48.5 Å². The fraction of sp³-hybridized carbons (Fsp3) is 0.333. The van der Waals surface area contributed by atoms with Crippen LogP contribution in [0.1, 0.15) is 22.8 Å². The van der Waals surface area contributed by atoms with Crippen LogP contribution in [-0.2, 0) is 6.42 Å². The summed E-state index contributed by atoms with van der Waals surface area (Å²) >= 11 is 0. The van der Waals surface area contributed by atoms with Crippen LogP contribution in [0.25, 0.3) is 0 Å². The lowest BCUT2D eigenvalue weighted by atomic mass is 10.1. The molecule has 142 valence electrons. The Morgan fingerprint density at radius 2 is 1.59 bits per heavy atom. The average molecular weight is 366 g/mol. The Hall–Kier alpha value is -2.86. The molecular weight excluding hydrogens is 340 g/mol. The molecule has 1 heterocycles. The number of carbonyl (C=O) groups is 2. The second-order valence-electron chi connectivity index (χ2n) is 6.81. The highest BCUT2D eigenvalue weighted by molar-refractivity contribution is 6.01. The zero-order valence-electron chi connectivity index (χ0n) is 15.9. The van der Waals surface area contributed by atoms with E-state index in [1.807, 2.05) is 29.2 Å². The Balaban J connectivity index is 1.61. The number of nitrogens with zero attached hydrogens (tertiary/aromatic N) is 2. The predicted octanol–water partition coefficient (Wildman–Crippen LogP) is 3.28. The number of nitrogens with one attached hydrogen (secondary N) is 2. The van der Waals surface area contributed by atoms with Crippen LogP contribution in [0.4, 0.5) is 16.2 Å². The summed E-state index contributed by atoms with van der Waals surface area (Å²) in [7, 11) is 2.06. The molecule has 0 aliphatic carbocycles. The second-order valence-corrected chi connectivity index (χ2v) is 6.81. The Morgan fingerprint density at radius 1 is 0.926 bits per heavy atom. The topological polar surface area (TPSA) is 64.7 Å². The minimum atomic E-state index is -0.330. The van der Waals surface area contributed by atoms with Gasteiger partial charge < -0.3 is 20.4 Å². The summed E-state index contributed by atoms with van der Waals surface area (Å²) in [6.07, 6.45) is 0.959. The first kappa shape index (κ1) is 18.9. The van der Waals surface area contributed by atoms with Crippen LogP contribution in [0.2, 0.25) is 0 Å². The van der Waals surface area contributed by atoms with Crippen molar-refractivity contribution in [2.24, 2.45) is 0 Å². The first-order valence-electron chi connectivity index (χ1n) is 9.30. The minimum absolute atomic E-state index is 0.00214. The first-order valence-corrected chi connectivity index (χ1v) is 9.30. The molecule has 2 N–H and O–H groups in total. The predicted molar refractivity (Wildman–Crippen MR) is 108 cm³/mol. The van der Waals surface area contributed by atoms with Crippen LogP contribution in [0.5, 0.6) is 0 Å². The Morgan fingerprint density at radius 3 is 2.26 bits per heavy atom. The van der Waals surface area contributed by atoms with Crippen molar-refractivity contribution in [2.45, 2.75) is 13.3 Å². The largest absolute Gasteiger partial charge is 0.336 e. The third-order valence-electron chi connectivity index (χ3n) is 4.78. The summed E-state index contributed by atoms with van der Waals surface area (Å²) < 4.78 is 0. The molecule has 0 radical (unpaired) electrons. The van der Waals surface area contributed by atoms with E-state index in [-0.39, 0.29) is 11.9 Å². The van der Waals surface area contributed by atoms with Crippen LogP contribution >= 0.6 is 0 Å².